The molecule has 0 N–H and O–H groups in total. The summed E-state index contributed by atoms with van der Waals surface area (Å²) in [7, 11) is -3.06. The van der Waals surface area contributed by atoms with Gasteiger partial charge in [0.15, 0.2) is 0 Å². The molecule has 1 atom stereocenters. The van der Waals surface area contributed by atoms with Crippen LogP contribution in [0.25, 0.3) is 0 Å². The molecule has 1 heterocycles. The zero-order chi connectivity index (χ0) is 10.2. The molecule has 1 saturated heterocycles. The summed E-state index contributed by atoms with van der Waals surface area (Å²) in [4.78, 5) is 0. The second kappa shape index (κ2) is 3.28. The topological polar surface area (TPSA) is 37.4 Å². The molecule has 0 aliphatic carbocycles. The first-order chi connectivity index (χ1) is 6.61. The van der Waals surface area contributed by atoms with Crippen molar-refractivity contribution in [2.24, 2.45) is 0 Å². The highest BCUT2D eigenvalue weighted by Gasteiger charge is 2.34. The molecule has 0 aromatic heterocycles. The van der Waals surface area contributed by atoms with E-state index in [-0.39, 0.29) is 11.8 Å². The lowest BCUT2D eigenvalue weighted by atomic mass is 10.2. The summed E-state index contributed by atoms with van der Waals surface area (Å²) in [5, 5.41) is 0. The minimum absolute atomic E-state index is 0.0856. The van der Waals surface area contributed by atoms with E-state index < -0.39 is 10.0 Å². The Balaban J connectivity index is 2.43. The Morgan fingerprint density at radius 2 is 1.93 bits per heavy atom. The maximum absolute atomic E-state index is 11.7. The lowest BCUT2D eigenvalue weighted by Crippen LogP contribution is -2.30. The highest BCUT2D eigenvalue weighted by Crippen LogP contribution is 2.27. The van der Waals surface area contributed by atoms with Crippen LogP contribution in [0.15, 0.2) is 30.3 Å². The Labute approximate surface area is 84.4 Å². The van der Waals surface area contributed by atoms with Gasteiger partial charge in [0.2, 0.25) is 10.0 Å². The van der Waals surface area contributed by atoms with Gasteiger partial charge in [-0.2, -0.15) is 0 Å². The molecule has 1 aliphatic heterocycles. The molecule has 1 unspecified atom stereocenters. The summed E-state index contributed by atoms with van der Waals surface area (Å²) in [6.45, 7) is 1.94. The van der Waals surface area contributed by atoms with Crippen molar-refractivity contribution in [3.8, 4) is 0 Å². The van der Waals surface area contributed by atoms with Crippen molar-refractivity contribution in [2.45, 2.75) is 19.4 Å². The molecule has 1 aliphatic rings. The summed E-state index contributed by atoms with van der Waals surface area (Å²) in [5.74, 6) is 0.267. The fourth-order valence-corrected chi connectivity index (χ4v) is 3.73. The predicted molar refractivity (Wildman–Crippen MR) is 56.8 cm³/mol. The minimum Gasteiger partial charge on any atom is -0.267 e. The number of benzene rings is 1. The highest BCUT2D eigenvalue weighted by atomic mass is 32.2. The average molecular weight is 211 g/mol. The number of rotatable bonds is 1. The van der Waals surface area contributed by atoms with Crippen molar-refractivity contribution in [2.75, 3.05) is 10.1 Å². The van der Waals surface area contributed by atoms with E-state index in [1.165, 1.54) is 4.31 Å². The van der Waals surface area contributed by atoms with Crippen LogP contribution in [-0.4, -0.2) is 20.2 Å². The molecule has 3 nitrogen and oxygen atoms in total. The van der Waals surface area contributed by atoms with E-state index >= 15 is 0 Å². The van der Waals surface area contributed by atoms with Gasteiger partial charge in [0, 0.05) is 6.04 Å². The zero-order valence-electron chi connectivity index (χ0n) is 8.05. The van der Waals surface area contributed by atoms with Gasteiger partial charge < -0.3 is 0 Å². The third kappa shape index (κ3) is 1.50. The van der Waals surface area contributed by atoms with Gasteiger partial charge in [0.1, 0.15) is 0 Å². The first-order valence-electron chi connectivity index (χ1n) is 4.68. The van der Waals surface area contributed by atoms with Gasteiger partial charge in [-0.25, -0.2) is 8.42 Å². The largest absolute Gasteiger partial charge is 0.267 e. The van der Waals surface area contributed by atoms with E-state index in [4.69, 9.17) is 0 Å². The Kier molecular flexibility index (Phi) is 2.23. The number of nitrogens with zero attached hydrogens (tertiary/aromatic N) is 1. The SMILES string of the molecule is CC1CCS(=O)(=O)N1c1ccccc1. The van der Waals surface area contributed by atoms with Gasteiger partial charge in [-0.15, -0.1) is 0 Å². The van der Waals surface area contributed by atoms with Crippen LogP contribution in [0.4, 0.5) is 5.69 Å². The van der Waals surface area contributed by atoms with Gasteiger partial charge in [0.05, 0.1) is 11.4 Å². The zero-order valence-corrected chi connectivity index (χ0v) is 8.87. The van der Waals surface area contributed by atoms with Crippen LogP contribution < -0.4 is 4.31 Å². The molecule has 2 rings (SSSR count). The minimum atomic E-state index is -3.06. The predicted octanol–water partition coefficient (Wildman–Crippen LogP) is 1.61. The van der Waals surface area contributed by atoms with Crippen molar-refractivity contribution in [1.29, 1.82) is 0 Å². The quantitative estimate of drug-likeness (QED) is 0.707. The first-order valence-corrected chi connectivity index (χ1v) is 6.29. The molecule has 76 valence electrons. The maximum atomic E-state index is 11.7. The number of anilines is 1. The van der Waals surface area contributed by atoms with Crippen LogP contribution in [0.1, 0.15) is 13.3 Å². The van der Waals surface area contributed by atoms with Crippen molar-refractivity contribution in [3.63, 3.8) is 0 Å². The van der Waals surface area contributed by atoms with E-state index in [1.807, 2.05) is 37.3 Å². The standard InChI is InChI=1S/C10H13NO2S/c1-9-7-8-14(12,13)11(9)10-5-3-2-4-6-10/h2-6,9H,7-8H2,1H3. The molecule has 1 fully saturated rings. The summed E-state index contributed by atoms with van der Waals surface area (Å²) < 4.78 is 24.9. The average Bonchev–Trinajstić information content (AvgIpc) is 2.42. The molecule has 0 spiro atoms. The van der Waals surface area contributed by atoms with E-state index in [9.17, 15) is 8.42 Å². The Bertz CT molecular complexity index is 413. The first kappa shape index (κ1) is 9.52. The Morgan fingerprint density at radius 3 is 2.43 bits per heavy atom. The van der Waals surface area contributed by atoms with E-state index in [0.717, 1.165) is 12.1 Å². The van der Waals surface area contributed by atoms with Gasteiger partial charge in [-0.05, 0) is 25.5 Å². The molecule has 1 aromatic rings. The van der Waals surface area contributed by atoms with Crippen molar-refractivity contribution in [1.82, 2.24) is 0 Å². The van der Waals surface area contributed by atoms with E-state index in [2.05, 4.69) is 0 Å². The van der Waals surface area contributed by atoms with Crippen LogP contribution in [0.2, 0.25) is 0 Å². The highest BCUT2D eigenvalue weighted by molar-refractivity contribution is 7.93. The fraction of sp³-hybridized carbons (Fsp3) is 0.400. The Morgan fingerprint density at radius 1 is 1.29 bits per heavy atom. The monoisotopic (exact) mass is 211 g/mol. The van der Waals surface area contributed by atoms with Crippen LogP contribution in [0.5, 0.6) is 0 Å². The lowest BCUT2D eigenvalue weighted by molar-refractivity contribution is 0.597. The number of sulfonamides is 1. The second-order valence-electron chi connectivity index (χ2n) is 3.59. The smallest absolute Gasteiger partial charge is 0.235 e. The molecule has 1 aromatic carbocycles. The van der Waals surface area contributed by atoms with E-state index in [0.29, 0.717) is 0 Å². The van der Waals surface area contributed by atoms with Crippen LogP contribution in [0.3, 0.4) is 0 Å². The maximum Gasteiger partial charge on any atom is 0.235 e. The third-order valence-corrected chi connectivity index (χ3v) is 4.43. The molecule has 0 radical (unpaired) electrons. The van der Waals surface area contributed by atoms with Crippen molar-refractivity contribution < 1.29 is 8.42 Å². The van der Waals surface area contributed by atoms with Crippen LogP contribution in [-0.2, 0) is 10.0 Å². The fourth-order valence-electron chi connectivity index (χ4n) is 1.80. The summed E-state index contributed by atoms with van der Waals surface area (Å²) in [6, 6.07) is 9.35. The van der Waals surface area contributed by atoms with Gasteiger partial charge in [-0.3, -0.25) is 4.31 Å². The number of hydrogen-bond donors (Lipinski definition) is 0. The third-order valence-electron chi connectivity index (χ3n) is 2.50. The number of hydrogen-bond acceptors (Lipinski definition) is 2. The molecule has 0 bridgehead atoms. The van der Waals surface area contributed by atoms with Crippen molar-refractivity contribution >= 4 is 15.7 Å². The number of para-hydroxylation sites is 1. The Hall–Kier alpha value is -1.03. The normalized spacial score (nSPS) is 25.2. The molecule has 4 heteroatoms. The molecule has 14 heavy (non-hydrogen) atoms. The summed E-state index contributed by atoms with van der Waals surface area (Å²) >= 11 is 0. The summed E-state index contributed by atoms with van der Waals surface area (Å²) in [6.07, 6.45) is 0.719. The van der Waals surface area contributed by atoms with Crippen molar-refractivity contribution in [3.05, 3.63) is 30.3 Å². The molecule has 0 saturated carbocycles. The van der Waals surface area contributed by atoms with E-state index in [1.54, 1.807) is 0 Å². The lowest BCUT2D eigenvalue weighted by Gasteiger charge is -2.21. The van der Waals surface area contributed by atoms with Gasteiger partial charge in [-0.1, -0.05) is 18.2 Å². The molecular formula is C10H13NO2S. The van der Waals surface area contributed by atoms with Crippen LogP contribution in [0, 0.1) is 0 Å². The summed E-state index contributed by atoms with van der Waals surface area (Å²) in [5.41, 5.74) is 0.775. The van der Waals surface area contributed by atoms with Crippen LogP contribution >= 0.6 is 0 Å². The van der Waals surface area contributed by atoms with Gasteiger partial charge >= 0.3 is 0 Å². The van der Waals surface area contributed by atoms with Gasteiger partial charge in [0.25, 0.3) is 0 Å². The second-order valence-corrected chi connectivity index (χ2v) is 5.55. The molecule has 0 amide bonds. The molecular weight excluding hydrogens is 198 g/mol.